The van der Waals surface area contributed by atoms with E-state index in [9.17, 15) is 4.79 Å². The zero-order valence-corrected chi connectivity index (χ0v) is 9.81. The summed E-state index contributed by atoms with van der Waals surface area (Å²) >= 11 is 0. The van der Waals surface area contributed by atoms with Crippen molar-refractivity contribution in [1.82, 2.24) is 5.32 Å². The van der Waals surface area contributed by atoms with Crippen molar-refractivity contribution in [3.8, 4) is 12.3 Å². The molecule has 0 spiro atoms. The fraction of sp³-hybridized carbons (Fsp3) is 0.214. The Morgan fingerprint density at radius 2 is 2.18 bits per heavy atom. The minimum absolute atomic E-state index is 0.188. The van der Waals surface area contributed by atoms with Crippen molar-refractivity contribution in [2.24, 2.45) is 0 Å². The maximum atomic E-state index is 11.5. The fourth-order valence-corrected chi connectivity index (χ4v) is 1.26. The number of nitrogens with two attached hydrogens (primary N) is 1. The Morgan fingerprint density at radius 1 is 1.53 bits per heavy atom. The third-order valence-electron chi connectivity index (χ3n) is 2.29. The second-order valence-corrected chi connectivity index (χ2v) is 3.64. The zero-order chi connectivity index (χ0) is 12.7. The Labute approximate surface area is 102 Å². The molecular formula is C14H16N2O. The van der Waals surface area contributed by atoms with Crippen LogP contribution in [-0.2, 0) is 4.79 Å². The van der Waals surface area contributed by atoms with Gasteiger partial charge in [-0.15, -0.1) is 6.42 Å². The van der Waals surface area contributed by atoms with Gasteiger partial charge in [0.05, 0.1) is 6.04 Å². The van der Waals surface area contributed by atoms with Crippen molar-refractivity contribution in [3.63, 3.8) is 0 Å². The summed E-state index contributed by atoms with van der Waals surface area (Å²) < 4.78 is 0. The van der Waals surface area contributed by atoms with Crippen molar-refractivity contribution in [2.45, 2.75) is 19.4 Å². The number of benzene rings is 1. The smallest absolute Gasteiger partial charge is 0.244 e. The van der Waals surface area contributed by atoms with Gasteiger partial charge in [-0.3, -0.25) is 4.79 Å². The van der Waals surface area contributed by atoms with Gasteiger partial charge in [0.15, 0.2) is 0 Å². The normalized spacial score (nSPS) is 12.0. The van der Waals surface area contributed by atoms with Crippen LogP contribution >= 0.6 is 0 Å². The van der Waals surface area contributed by atoms with E-state index in [0.717, 1.165) is 12.0 Å². The SMILES string of the molecule is C#CC(CC)NC(=O)/C=C/c1ccc(N)cc1. The lowest BCUT2D eigenvalue weighted by Gasteiger charge is -2.07. The predicted octanol–water partition coefficient (Wildman–Crippen LogP) is 1.81. The molecule has 0 aliphatic rings. The van der Waals surface area contributed by atoms with Crippen LogP contribution in [0, 0.1) is 12.3 Å². The van der Waals surface area contributed by atoms with E-state index in [1.54, 1.807) is 18.2 Å². The maximum absolute atomic E-state index is 11.5. The topological polar surface area (TPSA) is 55.1 Å². The molecular weight excluding hydrogens is 212 g/mol. The molecule has 3 N–H and O–H groups in total. The number of terminal acetylenes is 1. The second-order valence-electron chi connectivity index (χ2n) is 3.64. The lowest BCUT2D eigenvalue weighted by atomic mass is 10.2. The summed E-state index contributed by atoms with van der Waals surface area (Å²) in [7, 11) is 0. The third kappa shape index (κ3) is 4.43. The first-order chi connectivity index (χ1) is 8.15. The maximum Gasteiger partial charge on any atom is 0.244 e. The van der Waals surface area contributed by atoms with Gasteiger partial charge in [0.25, 0.3) is 0 Å². The molecule has 1 atom stereocenters. The molecule has 17 heavy (non-hydrogen) atoms. The lowest BCUT2D eigenvalue weighted by molar-refractivity contribution is -0.116. The summed E-state index contributed by atoms with van der Waals surface area (Å²) in [5.41, 5.74) is 7.18. The average molecular weight is 228 g/mol. The van der Waals surface area contributed by atoms with Gasteiger partial charge >= 0.3 is 0 Å². The number of carbonyl (C=O) groups is 1. The molecule has 0 bridgehead atoms. The van der Waals surface area contributed by atoms with Gasteiger partial charge in [-0.25, -0.2) is 0 Å². The quantitative estimate of drug-likeness (QED) is 0.469. The molecule has 1 amide bonds. The Kier molecular flexibility index (Phi) is 4.83. The van der Waals surface area contributed by atoms with Crippen LogP contribution in [-0.4, -0.2) is 11.9 Å². The molecule has 0 fully saturated rings. The largest absolute Gasteiger partial charge is 0.399 e. The summed E-state index contributed by atoms with van der Waals surface area (Å²) in [6, 6.07) is 7.05. The first kappa shape index (κ1) is 12.9. The Hall–Kier alpha value is -2.21. The molecule has 1 aromatic rings. The van der Waals surface area contributed by atoms with Crippen LogP contribution in [0.4, 0.5) is 5.69 Å². The van der Waals surface area contributed by atoms with Crippen molar-refractivity contribution in [2.75, 3.05) is 5.73 Å². The van der Waals surface area contributed by atoms with Gasteiger partial charge in [-0.1, -0.05) is 25.0 Å². The number of hydrogen-bond acceptors (Lipinski definition) is 2. The molecule has 0 heterocycles. The van der Waals surface area contributed by atoms with E-state index in [2.05, 4.69) is 11.2 Å². The summed E-state index contributed by atoms with van der Waals surface area (Å²) in [5.74, 6) is 2.32. The van der Waals surface area contributed by atoms with Crippen LogP contribution < -0.4 is 11.1 Å². The minimum atomic E-state index is -0.210. The number of carbonyl (C=O) groups excluding carboxylic acids is 1. The van der Waals surface area contributed by atoms with E-state index in [1.807, 2.05) is 19.1 Å². The molecule has 0 aliphatic heterocycles. The molecule has 0 saturated heterocycles. The van der Waals surface area contributed by atoms with Gasteiger partial charge in [0.1, 0.15) is 0 Å². The van der Waals surface area contributed by atoms with E-state index in [0.29, 0.717) is 5.69 Å². The predicted molar refractivity (Wildman–Crippen MR) is 70.9 cm³/mol. The summed E-state index contributed by atoms with van der Waals surface area (Å²) in [6.45, 7) is 1.93. The van der Waals surface area contributed by atoms with E-state index in [-0.39, 0.29) is 11.9 Å². The van der Waals surface area contributed by atoms with E-state index < -0.39 is 0 Å². The molecule has 0 radical (unpaired) electrons. The molecule has 0 saturated carbocycles. The summed E-state index contributed by atoms with van der Waals surface area (Å²) in [5, 5.41) is 2.71. The van der Waals surface area contributed by atoms with Gasteiger partial charge < -0.3 is 11.1 Å². The molecule has 1 aromatic carbocycles. The monoisotopic (exact) mass is 228 g/mol. The first-order valence-electron chi connectivity index (χ1n) is 5.46. The highest BCUT2D eigenvalue weighted by Gasteiger charge is 2.03. The van der Waals surface area contributed by atoms with Gasteiger partial charge in [0, 0.05) is 11.8 Å². The van der Waals surface area contributed by atoms with Crippen LogP contribution in [0.2, 0.25) is 0 Å². The fourth-order valence-electron chi connectivity index (χ4n) is 1.26. The number of anilines is 1. The van der Waals surface area contributed by atoms with Gasteiger partial charge in [0.2, 0.25) is 5.91 Å². The second kappa shape index (κ2) is 6.39. The summed E-state index contributed by atoms with van der Waals surface area (Å²) in [4.78, 5) is 11.5. The standard InChI is InChI=1S/C14H16N2O/c1-3-13(4-2)16-14(17)10-7-11-5-8-12(15)9-6-11/h1,5-10,13H,4,15H2,2H3,(H,16,17)/b10-7+. The first-order valence-corrected chi connectivity index (χ1v) is 5.46. The summed E-state index contributed by atoms with van der Waals surface area (Å²) in [6.07, 6.45) is 9.16. The molecule has 0 aromatic heterocycles. The van der Waals surface area contributed by atoms with Gasteiger partial charge in [-0.05, 0) is 30.2 Å². The number of rotatable bonds is 4. The molecule has 1 rings (SSSR count). The highest BCUT2D eigenvalue weighted by atomic mass is 16.1. The Balaban J connectivity index is 2.57. The van der Waals surface area contributed by atoms with Crippen molar-refractivity contribution < 1.29 is 4.79 Å². The van der Waals surface area contributed by atoms with Crippen LogP contribution in [0.3, 0.4) is 0 Å². The van der Waals surface area contributed by atoms with E-state index in [1.165, 1.54) is 6.08 Å². The minimum Gasteiger partial charge on any atom is -0.399 e. The Bertz CT molecular complexity index is 440. The third-order valence-corrected chi connectivity index (χ3v) is 2.29. The van der Waals surface area contributed by atoms with Gasteiger partial charge in [-0.2, -0.15) is 0 Å². The number of amides is 1. The molecule has 3 nitrogen and oxygen atoms in total. The zero-order valence-electron chi connectivity index (χ0n) is 9.81. The van der Waals surface area contributed by atoms with Crippen molar-refractivity contribution >= 4 is 17.7 Å². The Morgan fingerprint density at radius 3 is 2.71 bits per heavy atom. The van der Waals surface area contributed by atoms with E-state index in [4.69, 9.17) is 12.2 Å². The average Bonchev–Trinajstić information content (AvgIpc) is 2.35. The van der Waals surface area contributed by atoms with Crippen LogP contribution in [0.1, 0.15) is 18.9 Å². The molecule has 1 unspecified atom stereocenters. The van der Waals surface area contributed by atoms with Crippen LogP contribution in [0.15, 0.2) is 30.3 Å². The number of nitrogen functional groups attached to an aromatic ring is 1. The molecule has 3 heteroatoms. The van der Waals surface area contributed by atoms with Crippen molar-refractivity contribution in [3.05, 3.63) is 35.9 Å². The molecule has 88 valence electrons. The highest BCUT2D eigenvalue weighted by molar-refractivity contribution is 5.92. The van der Waals surface area contributed by atoms with Crippen LogP contribution in [0.25, 0.3) is 6.08 Å². The van der Waals surface area contributed by atoms with Crippen LogP contribution in [0.5, 0.6) is 0 Å². The van der Waals surface area contributed by atoms with Crippen molar-refractivity contribution in [1.29, 1.82) is 0 Å². The van der Waals surface area contributed by atoms with E-state index >= 15 is 0 Å². The molecule has 0 aliphatic carbocycles. The lowest BCUT2D eigenvalue weighted by Crippen LogP contribution is -2.31. The highest BCUT2D eigenvalue weighted by Crippen LogP contribution is 2.06. The number of hydrogen-bond donors (Lipinski definition) is 2. The number of nitrogens with one attached hydrogen (secondary N) is 1.